The van der Waals surface area contributed by atoms with Crippen LogP contribution in [0, 0.1) is 0 Å². The first-order chi connectivity index (χ1) is 13.3. The second-order valence-electron chi connectivity index (χ2n) is 6.83. The molecule has 0 atom stereocenters. The highest BCUT2D eigenvalue weighted by Gasteiger charge is 2.28. The second kappa shape index (κ2) is 7.73. The molecule has 0 bridgehead atoms. The smallest absolute Gasteiger partial charge is 0.272 e. The lowest BCUT2D eigenvalue weighted by Gasteiger charge is -2.32. The van der Waals surface area contributed by atoms with E-state index in [4.69, 9.17) is 0 Å². The van der Waals surface area contributed by atoms with E-state index in [-0.39, 0.29) is 5.91 Å². The summed E-state index contributed by atoms with van der Waals surface area (Å²) in [4.78, 5) is 23.7. The molecule has 4 rings (SSSR count). The van der Waals surface area contributed by atoms with Gasteiger partial charge in [-0.05, 0) is 38.0 Å². The van der Waals surface area contributed by atoms with Crippen LogP contribution in [-0.2, 0) is 13.1 Å². The maximum atomic E-state index is 12.8. The quantitative estimate of drug-likeness (QED) is 0.698. The van der Waals surface area contributed by atoms with Gasteiger partial charge in [-0.1, -0.05) is 6.07 Å². The van der Waals surface area contributed by atoms with E-state index >= 15 is 0 Å². The molecular weight excluding hydrogens is 340 g/mol. The zero-order chi connectivity index (χ0) is 18.6. The second-order valence-corrected chi connectivity index (χ2v) is 6.83. The minimum Gasteiger partial charge on any atom is -0.337 e. The topological polar surface area (TPSA) is 68.8 Å². The van der Waals surface area contributed by atoms with E-state index < -0.39 is 0 Å². The summed E-state index contributed by atoms with van der Waals surface area (Å²) in [7, 11) is 0. The molecule has 7 heteroatoms. The van der Waals surface area contributed by atoms with E-state index in [1.807, 2.05) is 48.6 Å². The Bertz CT molecular complexity index is 892. The molecule has 0 saturated carbocycles. The number of rotatable bonds is 5. The van der Waals surface area contributed by atoms with Gasteiger partial charge in [-0.15, -0.1) is 0 Å². The SMILES string of the molecule is CCn1nccc1C(=O)N1CCC(c2nccn2Cc2ccccn2)CC1. The van der Waals surface area contributed by atoms with Gasteiger partial charge in [-0.3, -0.25) is 14.5 Å². The highest BCUT2D eigenvalue weighted by molar-refractivity contribution is 5.92. The zero-order valence-electron chi connectivity index (χ0n) is 15.5. The summed E-state index contributed by atoms with van der Waals surface area (Å²) in [6, 6.07) is 7.76. The van der Waals surface area contributed by atoms with Crippen LogP contribution in [-0.4, -0.2) is 48.2 Å². The molecule has 7 nitrogen and oxygen atoms in total. The van der Waals surface area contributed by atoms with Gasteiger partial charge in [-0.25, -0.2) is 4.98 Å². The van der Waals surface area contributed by atoms with Crippen molar-refractivity contribution in [2.24, 2.45) is 0 Å². The summed E-state index contributed by atoms with van der Waals surface area (Å²) in [5.74, 6) is 1.53. The van der Waals surface area contributed by atoms with Crippen molar-refractivity contribution in [3.63, 3.8) is 0 Å². The Morgan fingerprint density at radius 2 is 1.96 bits per heavy atom. The number of nitrogens with zero attached hydrogens (tertiary/aromatic N) is 6. The number of carbonyl (C=O) groups excluding carboxylic acids is 1. The van der Waals surface area contributed by atoms with Crippen LogP contribution >= 0.6 is 0 Å². The average molecular weight is 364 g/mol. The first-order valence-electron chi connectivity index (χ1n) is 9.48. The molecule has 3 aromatic rings. The number of hydrogen-bond acceptors (Lipinski definition) is 4. The predicted molar refractivity (Wildman–Crippen MR) is 101 cm³/mol. The number of pyridine rings is 1. The van der Waals surface area contributed by atoms with Crippen molar-refractivity contribution in [1.82, 2.24) is 29.2 Å². The lowest BCUT2D eigenvalue weighted by molar-refractivity contribution is 0.0698. The molecule has 0 N–H and O–H groups in total. The van der Waals surface area contributed by atoms with Crippen LogP contribution in [0.1, 0.15) is 47.7 Å². The van der Waals surface area contributed by atoms with E-state index in [9.17, 15) is 4.79 Å². The van der Waals surface area contributed by atoms with Crippen LogP contribution in [0.5, 0.6) is 0 Å². The number of carbonyl (C=O) groups is 1. The van der Waals surface area contributed by atoms with Gasteiger partial charge in [0.25, 0.3) is 5.91 Å². The first-order valence-corrected chi connectivity index (χ1v) is 9.48. The van der Waals surface area contributed by atoms with Crippen molar-refractivity contribution >= 4 is 5.91 Å². The fourth-order valence-corrected chi connectivity index (χ4v) is 3.75. The molecule has 3 aromatic heterocycles. The molecule has 1 amide bonds. The maximum absolute atomic E-state index is 12.8. The van der Waals surface area contributed by atoms with E-state index in [1.54, 1.807) is 16.9 Å². The molecule has 1 saturated heterocycles. The number of amides is 1. The van der Waals surface area contributed by atoms with Gasteiger partial charge >= 0.3 is 0 Å². The highest BCUT2D eigenvalue weighted by atomic mass is 16.2. The standard InChI is InChI=1S/C20H24N6O/c1-2-26-18(6-10-23-26)20(27)24-12-7-16(8-13-24)19-22-11-14-25(19)15-17-5-3-4-9-21-17/h3-6,9-11,14,16H,2,7-8,12-13,15H2,1H3. The Labute approximate surface area is 158 Å². The fraction of sp³-hybridized carbons (Fsp3) is 0.400. The molecule has 1 aliphatic heterocycles. The molecule has 0 spiro atoms. The highest BCUT2D eigenvalue weighted by Crippen LogP contribution is 2.28. The van der Waals surface area contributed by atoms with Gasteiger partial charge < -0.3 is 9.47 Å². The zero-order valence-corrected chi connectivity index (χ0v) is 15.5. The number of hydrogen-bond donors (Lipinski definition) is 0. The Balaban J connectivity index is 1.41. The molecule has 0 radical (unpaired) electrons. The Morgan fingerprint density at radius 3 is 2.70 bits per heavy atom. The van der Waals surface area contributed by atoms with Gasteiger partial charge in [0, 0.05) is 50.3 Å². The third kappa shape index (κ3) is 3.63. The van der Waals surface area contributed by atoms with E-state index in [1.165, 1.54) is 0 Å². The van der Waals surface area contributed by atoms with Crippen molar-refractivity contribution in [3.05, 3.63) is 66.3 Å². The average Bonchev–Trinajstić information content (AvgIpc) is 3.37. The van der Waals surface area contributed by atoms with Crippen molar-refractivity contribution in [1.29, 1.82) is 0 Å². The van der Waals surface area contributed by atoms with Crippen LogP contribution in [0.25, 0.3) is 0 Å². The third-order valence-electron chi connectivity index (χ3n) is 5.19. The molecule has 0 unspecified atom stereocenters. The summed E-state index contributed by atoms with van der Waals surface area (Å²) in [5.41, 5.74) is 1.70. The summed E-state index contributed by atoms with van der Waals surface area (Å²) in [6.07, 6.45) is 9.22. The monoisotopic (exact) mass is 364 g/mol. The molecule has 1 fully saturated rings. The summed E-state index contributed by atoms with van der Waals surface area (Å²) in [5, 5.41) is 4.21. The Kier molecular flexibility index (Phi) is 5.00. The van der Waals surface area contributed by atoms with Gasteiger partial charge in [0.15, 0.2) is 0 Å². The van der Waals surface area contributed by atoms with Crippen molar-refractivity contribution in [2.75, 3.05) is 13.1 Å². The van der Waals surface area contributed by atoms with Gasteiger partial charge in [0.2, 0.25) is 0 Å². The molecule has 0 aromatic carbocycles. The van der Waals surface area contributed by atoms with Gasteiger partial charge in [-0.2, -0.15) is 5.10 Å². The summed E-state index contributed by atoms with van der Waals surface area (Å²) < 4.78 is 3.94. The van der Waals surface area contributed by atoms with Crippen molar-refractivity contribution < 1.29 is 4.79 Å². The number of aromatic nitrogens is 5. The van der Waals surface area contributed by atoms with Crippen LogP contribution in [0.2, 0.25) is 0 Å². The molecule has 27 heavy (non-hydrogen) atoms. The molecule has 0 aliphatic carbocycles. The predicted octanol–water partition coefficient (Wildman–Crippen LogP) is 2.56. The Morgan fingerprint density at radius 1 is 1.11 bits per heavy atom. The minimum atomic E-state index is 0.0737. The maximum Gasteiger partial charge on any atom is 0.272 e. The minimum absolute atomic E-state index is 0.0737. The van der Waals surface area contributed by atoms with E-state index in [2.05, 4.69) is 19.6 Å². The summed E-state index contributed by atoms with van der Waals surface area (Å²) in [6.45, 7) is 4.92. The summed E-state index contributed by atoms with van der Waals surface area (Å²) >= 11 is 0. The van der Waals surface area contributed by atoms with Gasteiger partial charge in [0.1, 0.15) is 11.5 Å². The van der Waals surface area contributed by atoms with Crippen LogP contribution in [0.3, 0.4) is 0 Å². The third-order valence-corrected chi connectivity index (χ3v) is 5.19. The van der Waals surface area contributed by atoms with Crippen LogP contribution < -0.4 is 0 Å². The lowest BCUT2D eigenvalue weighted by atomic mass is 9.95. The molecule has 4 heterocycles. The normalized spacial score (nSPS) is 15.2. The van der Waals surface area contributed by atoms with Crippen molar-refractivity contribution in [2.45, 2.75) is 38.8 Å². The number of piperidine rings is 1. The van der Waals surface area contributed by atoms with Crippen molar-refractivity contribution in [3.8, 4) is 0 Å². The number of likely N-dealkylation sites (tertiary alicyclic amines) is 1. The molecular formula is C20H24N6O. The van der Waals surface area contributed by atoms with Crippen LogP contribution in [0.15, 0.2) is 49.1 Å². The van der Waals surface area contributed by atoms with E-state index in [0.29, 0.717) is 18.2 Å². The van der Waals surface area contributed by atoms with Gasteiger partial charge in [0.05, 0.1) is 12.2 Å². The number of imidazole rings is 1. The molecule has 1 aliphatic rings. The van der Waals surface area contributed by atoms with E-state index in [0.717, 1.165) is 44.0 Å². The number of aryl methyl sites for hydroxylation is 1. The Hall–Kier alpha value is -2.96. The largest absolute Gasteiger partial charge is 0.337 e. The fourth-order valence-electron chi connectivity index (χ4n) is 3.75. The first kappa shape index (κ1) is 17.5. The van der Waals surface area contributed by atoms with Crippen LogP contribution in [0.4, 0.5) is 0 Å². The lowest BCUT2D eigenvalue weighted by Crippen LogP contribution is -2.39. The molecule has 140 valence electrons.